The molecule has 0 unspecified atom stereocenters. The molecule has 0 radical (unpaired) electrons. The zero-order valence-corrected chi connectivity index (χ0v) is 17.0. The maximum atomic E-state index is 11.2. The lowest BCUT2D eigenvalue weighted by Gasteiger charge is -2.53. The number of hydrogen-bond acceptors (Lipinski definition) is 2. The molecule has 0 saturated heterocycles. The minimum absolute atomic E-state index is 0.321. The average Bonchev–Trinajstić information content (AvgIpc) is 2.75. The van der Waals surface area contributed by atoms with Gasteiger partial charge in [0.2, 0.25) is 0 Å². The van der Waals surface area contributed by atoms with Crippen molar-refractivity contribution in [2.45, 2.75) is 38.2 Å². The lowest BCUT2D eigenvalue weighted by Crippen LogP contribution is -2.50. The van der Waals surface area contributed by atoms with Gasteiger partial charge in [0.15, 0.2) is 0 Å². The molecule has 3 nitrogen and oxygen atoms in total. The van der Waals surface area contributed by atoms with Gasteiger partial charge in [-0.3, -0.25) is 0 Å². The molecule has 3 heteroatoms. The van der Waals surface area contributed by atoms with Crippen LogP contribution in [0, 0.1) is 23.7 Å². The molecular weight excluding hydrogens is 372 g/mol. The van der Waals surface area contributed by atoms with E-state index >= 15 is 0 Å². The van der Waals surface area contributed by atoms with Crippen LogP contribution in [0.5, 0.6) is 5.75 Å². The number of fused-ring (bicyclic) bond motifs is 1. The number of ether oxygens (including phenoxy) is 1. The maximum Gasteiger partial charge on any atom is 0.335 e. The Labute approximate surface area is 176 Å². The summed E-state index contributed by atoms with van der Waals surface area (Å²) in [5.41, 5.74) is 2.59. The van der Waals surface area contributed by atoms with E-state index in [1.54, 1.807) is 12.1 Å². The van der Waals surface area contributed by atoms with Gasteiger partial charge in [0.1, 0.15) is 11.9 Å². The number of carboxylic acids is 1. The van der Waals surface area contributed by atoms with Crippen molar-refractivity contribution >= 4 is 16.7 Å². The number of carboxylic acid groups (broad SMARTS) is 1. The summed E-state index contributed by atoms with van der Waals surface area (Å²) in [6, 6.07) is 19.9. The zero-order chi connectivity index (χ0) is 20.2. The Kier molecular flexibility index (Phi) is 4.12. The molecule has 0 amide bonds. The molecule has 4 fully saturated rings. The number of carbonyl (C=O) groups is 1. The topological polar surface area (TPSA) is 46.5 Å². The highest BCUT2D eigenvalue weighted by atomic mass is 16.5. The number of aromatic carboxylic acids is 1. The van der Waals surface area contributed by atoms with Gasteiger partial charge in [-0.25, -0.2) is 4.79 Å². The summed E-state index contributed by atoms with van der Waals surface area (Å²) in [7, 11) is 0. The highest BCUT2D eigenvalue weighted by Crippen LogP contribution is 2.54. The summed E-state index contributed by atoms with van der Waals surface area (Å²) >= 11 is 0. The van der Waals surface area contributed by atoms with E-state index in [0.29, 0.717) is 11.7 Å². The quantitative estimate of drug-likeness (QED) is 0.552. The first-order valence-electron chi connectivity index (χ1n) is 11.2. The summed E-state index contributed by atoms with van der Waals surface area (Å²) < 4.78 is 6.62. The minimum atomic E-state index is -0.893. The summed E-state index contributed by atoms with van der Waals surface area (Å²) in [6.07, 6.45) is 7.30. The van der Waals surface area contributed by atoms with Gasteiger partial charge in [-0.05, 0) is 108 Å². The van der Waals surface area contributed by atoms with E-state index in [-0.39, 0.29) is 0 Å². The third kappa shape index (κ3) is 3.08. The molecular formula is C27H26O3. The first-order valence-corrected chi connectivity index (χ1v) is 11.2. The molecule has 0 aliphatic heterocycles. The molecule has 0 heterocycles. The van der Waals surface area contributed by atoms with Crippen molar-refractivity contribution in [3.63, 3.8) is 0 Å². The SMILES string of the molecule is O=C(O)c1ccc2cc(-c3cccc(OC4C5CC6CC(C5)CC4C6)c3)ccc2c1. The normalized spacial score (nSPS) is 29.3. The Bertz CT molecular complexity index is 1100. The molecule has 0 atom stereocenters. The first kappa shape index (κ1) is 18.0. The Hall–Kier alpha value is -2.81. The standard InChI is InChI=1S/C27H26O3/c28-27(29)22-7-6-20-13-19(4-5-21(20)14-22)18-2-1-3-25(15-18)30-26-23-9-16-8-17(11-23)12-24(26)10-16/h1-7,13-17,23-24,26H,8-12H2,(H,28,29). The van der Waals surface area contributed by atoms with Crippen LogP contribution in [0.25, 0.3) is 21.9 Å². The van der Waals surface area contributed by atoms with Crippen molar-refractivity contribution in [1.82, 2.24) is 0 Å². The van der Waals surface area contributed by atoms with E-state index in [0.717, 1.165) is 51.3 Å². The van der Waals surface area contributed by atoms with Crippen LogP contribution in [0.2, 0.25) is 0 Å². The van der Waals surface area contributed by atoms with E-state index in [1.165, 1.54) is 32.1 Å². The van der Waals surface area contributed by atoms with E-state index in [9.17, 15) is 9.90 Å². The molecule has 4 saturated carbocycles. The number of benzene rings is 3. The second kappa shape index (κ2) is 6.87. The van der Waals surface area contributed by atoms with Gasteiger partial charge < -0.3 is 9.84 Å². The predicted octanol–water partition coefficient (Wildman–Crippen LogP) is 6.41. The third-order valence-electron chi connectivity index (χ3n) is 7.67. The highest BCUT2D eigenvalue weighted by Gasteiger charge is 2.49. The van der Waals surface area contributed by atoms with E-state index in [4.69, 9.17) is 4.74 Å². The van der Waals surface area contributed by atoms with Crippen molar-refractivity contribution < 1.29 is 14.6 Å². The van der Waals surface area contributed by atoms with Crippen LogP contribution >= 0.6 is 0 Å². The lowest BCUT2D eigenvalue weighted by atomic mass is 9.55. The zero-order valence-electron chi connectivity index (χ0n) is 17.0. The summed E-state index contributed by atoms with van der Waals surface area (Å²) in [5.74, 6) is 3.49. The van der Waals surface area contributed by atoms with Crippen molar-refractivity contribution in [2.75, 3.05) is 0 Å². The van der Waals surface area contributed by atoms with Gasteiger partial charge in [0.25, 0.3) is 0 Å². The Morgan fingerprint density at radius 2 is 1.43 bits per heavy atom. The van der Waals surface area contributed by atoms with E-state index < -0.39 is 5.97 Å². The van der Waals surface area contributed by atoms with Crippen molar-refractivity contribution in [1.29, 1.82) is 0 Å². The van der Waals surface area contributed by atoms with Crippen LogP contribution in [0.1, 0.15) is 42.5 Å². The molecule has 1 N–H and O–H groups in total. The summed E-state index contributed by atoms with van der Waals surface area (Å²) in [6.45, 7) is 0. The van der Waals surface area contributed by atoms with Crippen molar-refractivity contribution in [3.05, 3.63) is 66.2 Å². The molecule has 152 valence electrons. The second-order valence-electron chi connectivity index (χ2n) is 9.62. The molecule has 7 rings (SSSR count). The molecule has 4 bridgehead atoms. The van der Waals surface area contributed by atoms with Gasteiger partial charge in [-0.15, -0.1) is 0 Å². The van der Waals surface area contributed by atoms with Crippen molar-refractivity contribution in [2.24, 2.45) is 23.7 Å². The molecule has 4 aliphatic carbocycles. The van der Waals surface area contributed by atoms with Gasteiger partial charge in [0.05, 0.1) is 5.56 Å². The maximum absolute atomic E-state index is 11.2. The number of rotatable bonds is 4. The largest absolute Gasteiger partial charge is 0.490 e. The Balaban J connectivity index is 1.27. The Morgan fingerprint density at radius 3 is 2.17 bits per heavy atom. The van der Waals surface area contributed by atoms with Gasteiger partial charge in [-0.2, -0.15) is 0 Å². The van der Waals surface area contributed by atoms with E-state index in [2.05, 4.69) is 36.4 Å². The smallest absolute Gasteiger partial charge is 0.335 e. The van der Waals surface area contributed by atoms with Crippen molar-refractivity contribution in [3.8, 4) is 16.9 Å². The molecule has 4 aliphatic rings. The molecule has 0 spiro atoms. The average molecular weight is 399 g/mol. The predicted molar refractivity (Wildman–Crippen MR) is 118 cm³/mol. The van der Waals surface area contributed by atoms with Crippen LogP contribution < -0.4 is 4.74 Å². The highest BCUT2D eigenvalue weighted by molar-refractivity contribution is 5.95. The second-order valence-corrected chi connectivity index (χ2v) is 9.62. The molecule has 3 aromatic rings. The van der Waals surface area contributed by atoms with Crippen LogP contribution in [0.4, 0.5) is 0 Å². The lowest BCUT2D eigenvalue weighted by molar-refractivity contribution is -0.0789. The Morgan fingerprint density at radius 1 is 0.767 bits per heavy atom. The number of hydrogen-bond donors (Lipinski definition) is 1. The first-order chi connectivity index (χ1) is 14.6. The summed E-state index contributed by atoms with van der Waals surface area (Å²) in [4.78, 5) is 11.2. The van der Waals surface area contributed by atoms with Gasteiger partial charge >= 0.3 is 5.97 Å². The van der Waals surface area contributed by atoms with Crippen LogP contribution in [-0.2, 0) is 0 Å². The molecule has 30 heavy (non-hydrogen) atoms. The molecule has 3 aromatic carbocycles. The third-order valence-corrected chi connectivity index (χ3v) is 7.67. The van der Waals surface area contributed by atoms with Crippen LogP contribution in [0.15, 0.2) is 60.7 Å². The fourth-order valence-corrected chi connectivity index (χ4v) is 6.53. The fraction of sp³-hybridized carbons (Fsp3) is 0.370. The van der Waals surface area contributed by atoms with Gasteiger partial charge in [0, 0.05) is 0 Å². The fourth-order valence-electron chi connectivity index (χ4n) is 6.53. The summed E-state index contributed by atoms with van der Waals surface area (Å²) in [5, 5.41) is 11.2. The van der Waals surface area contributed by atoms with Crippen LogP contribution in [0.3, 0.4) is 0 Å². The molecule has 0 aromatic heterocycles. The van der Waals surface area contributed by atoms with Gasteiger partial charge in [-0.1, -0.05) is 30.3 Å². The van der Waals surface area contributed by atoms with Crippen LogP contribution in [-0.4, -0.2) is 17.2 Å². The monoisotopic (exact) mass is 398 g/mol. The van der Waals surface area contributed by atoms with E-state index in [1.807, 2.05) is 12.1 Å². The minimum Gasteiger partial charge on any atom is -0.490 e.